The SMILES string of the molecule is CC(C)N(C)C[C@@H]1CCCN1C(=O)[C@H](C)N. The maximum Gasteiger partial charge on any atom is 0.239 e. The smallest absolute Gasteiger partial charge is 0.239 e. The monoisotopic (exact) mass is 227 g/mol. The number of rotatable bonds is 4. The molecule has 0 saturated carbocycles. The van der Waals surface area contributed by atoms with Gasteiger partial charge in [0, 0.05) is 25.2 Å². The average molecular weight is 227 g/mol. The van der Waals surface area contributed by atoms with Crippen LogP contribution in [0.2, 0.25) is 0 Å². The Bertz CT molecular complexity index is 240. The third-order valence-electron chi connectivity index (χ3n) is 3.43. The van der Waals surface area contributed by atoms with Crippen LogP contribution in [-0.2, 0) is 4.79 Å². The van der Waals surface area contributed by atoms with Gasteiger partial charge in [0.1, 0.15) is 0 Å². The molecule has 2 N–H and O–H groups in total. The largest absolute Gasteiger partial charge is 0.337 e. The molecule has 4 heteroatoms. The fourth-order valence-electron chi connectivity index (χ4n) is 2.12. The van der Waals surface area contributed by atoms with Crippen molar-refractivity contribution in [2.24, 2.45) is 5.73 Å². The van der Waals surface area contributed by atoms with Crippen LogP contribution >= 0.6 is 0 Å². The first-order chi connectivity index (χ1) is 7.43. The lowest BCUT2D eigenvalue weighted by Gasteiger charge is -2.31. The van der Waals surface area contributed by atoms with Gasteiger partial charge in [-0.25, -0.2) is 0 Å². The molecule has 0 aromatic rings. The van der Waals surface area contributed by atoms with Gasteiger partial charge in [-0.3, -0.25) is 4.79 Å². The molecule has 2 atom stereocenters. The highest BCUT2D eigenvalue weighted by molar-refractivity contribution is 5.81. The van der Waals surface area contributed by atoms with Crippen LogP contribution in [0.4, 0.5) is 0 Å². The van der Waals surface area contributed by atoms with Crippen LogP contribution in [0.5, 0.6) is 0 Å². The molecule has 0 aromatic heterocycles. The summed E-state index contributed by atoms with van der Waals surface area (Å²) in [7, 11) is 2.11. The van der Waals surface area contributed by atoms with Gasteiger partial charge in [0.05, 0.1) is 6.04 Å². The normalized spacial score (nSPS) is 23.2. The molecule has 1 fully saturated rings. The van der Waals surface area contributed by atoms with Gasteiger partial charge < -0.3 is 15.5 Å². The second-order valence-electron chi connectivity index (χ2n) is 5.15. The summed E-state index contributed by atoms with van der Waals surface area (Å²) < 4.78 is 0. The number of hydrogen-bond donors (Lipinski definition) is 1. The lowest BCUT2D eigenvalue weighted by molar-refractivity contribution is -0.133. The van der Waals surface area contributed by atoms with Crippen molar-refractivity contribution >= 4 is 5.91 Å². The van der Waals surface area contributed by atoms with Gasteiger partial charge in [-0.2, -0.15) is 0 Å². The van der Waals surface area contributed by atoms with E-state index in [-0.39, 0.29) is 11.9 Å². The topological polar surface area (TPSA) is 49.6 Å². The molecular formula is C12H25N3O. The Morgan fingerprint density at radius 1 is 1.50 bits per heavy atom. The fourth-order valence-corrected chi connectivity index (χ4v) is 2.12. The summed E-state index contributed by atoms with van der Waals surface area (Å²) >= 11 is 0. The van der Waals surface area contributed by atoms with Crippen molar-refractivity contribution in [2.75, 3.05) is 20.1 Å². The molecule has 94 valence electrons. The van der Waals surface area contributed by atoms with E-state index < -0.39 is 0 Å². The van der Waals surface area contributed by atoms with Gasteiger partial charge in [-0.1, -0.05) is 0 Å². The number of likely N-dealkylation sites (tertiary alicyclic amines) is 1. The zero-order chi connectivity index (χ0) is 12.3. The van der Waals surface area contributed by atoms with Gasteiger partial charge in [0.25, 0.3) is 0 Å². The lowest BCUT2D eigenvalue weighted by Crippen LogP contribution is -2.48. The summed E-state index contributed by atoms with van der Waals surface area (Å²) in [5.41, 5.74) is 5.66. The molecule has 1 heterocycles. The van der Waals surface area contributed by atoms with E-state index in [0.29, 0.717) is 12.1 Å². The van der Waals surface area contributed by atoms with Crippen LogP contribution in [0, 0.1) is 0 Å². The molecule has 0 bridgehead atoms. The van der Waals surface area contributed by atoms with Crippen LogP contribution in [0.3, 0.4) is 0 Å². The van der Waals surface area contributed by atoms with Gasteiger partial charge in [-0.05, 0) is 40.7 Å². The Hall–Kier alpha value is -0.610. The molecule has 0 spiro atoms. The third kappa shape index (κ3) is 3.19. The minimum atomic E-state index is -0.370. The van der Waals surface area contributed by atoms with Crippen LogP contribution in [-0.4, -0.2) is 54.0 Å². The molecule has 0 aromatic carbocycles. The van der Waals surface area contributed by atoms with E-state index in [9.17, 15) is 4.79 Å². The Kier molecular flexibility index (Phi) is 4.74. The number of likely N-dealkylation sites (N-methyl/N-ethyl adjacent to an activating group) is 1. The second-order valence-corrected chi connectivity index (χ2v) is 5.15. The van der Waals surface area contributed by atoms with Gasteiger partial charge in [0.2, 0.25) is 5.91 Å². The van der Waals surface area contributed by atoms with Crippen molar-refractivity contribution in [1.82, 2.24) is 9.80 Å². The second kappa shape index (κ2) is 5.64. The first-order valence-electron chi connectivity index (χ1n) is 6.19. The summed E-state index contributed by atoms with van der Waals surface area (Å²) in [6.07, 6.45) is 2.21. The predicted octanol–water partition coefficient (Wildman–Crippen LogP) is 0.665. The first kappa shape index (κ1) is 13.5. The van der Waals surface area contributed by atoms with Crippen molar-refractivity contribution < 1.29 is 4.79 Å². The number of carbonyl (C=O) groups excluding carboxylic acids is 1. The number of nitrogens with zero attached hydrogens (tertiary/aromatic N) is 2. The summed E-state index contributed by atoms with van der Waals surface area (Å²) in [4.78, 5) is 16.1. The number of carbonyl (C=O) groups is 1. The standard InChI is InChI=1S/C12H25N3O/c1-9(2)14(4)8-11-6-5-7-15(11)12(16)10(3)13/h9-11H,5-8,13H2,1-4H3/t10-,11-/m0/s1. The molecule has 1 aliphatic heterocycles. The number of nitrogens with two attached hydrogens (primary N) is 1. The molecular weight excluding hydrogens is 202 g/mol. The van der Waals surface area contributed by atoms with Crippen molar-refractivity contribution in [3.8, 4) is 0 Å². The van der Waals surface area contributed by atoms with Gasteiger partial charge in [0.15, 0.2) is 0 Å². The average Bonchev–Trinajstić information content (AvgIpc) is 2.64. The summed E-state index contributed by atoms with van der Waals surface area (Å²) in [5.74, 6) is 0.0969. The molecule has 1 rings (SSSR count). The van der Waals surface area contributed by atoms with Gasteiger partial charge in [-0.15, -0.1) is 0 Å². The fraction of sp³-hybridized carbons (Fsp3) is 0.917. The molecule has 1 amide bonds. The number of amides is 1. The zero-order valence-corrected chi connectivity index (χ0v) is 10.9. The van der Waals surface area contributed by atoms with Crippen LogP contribution < -0.4 is 5.73 Å². The zero-order valence-electron chi connectivity index (χ0n) is 10.9. The molecule has 16 heavy (non-hydrogen) atoms. The Morgan fingerprint density at radius 3 is 2.62 bits per heavy atom. The lowest BCUT2D eigenvalue weighted by atomic mass is 10.2. The Labute approximate surface area is 98.8 Å². The van der Waals surface area contributed by atoms with Crippen molar-refractivity contribution in [3.63, 3.8) is 0 Å². The minimum absolute atomic E-state index is 0.0969. The summed E-state index contributed by atoms with van der Waals surface area (Å²) in [6.45, 7) is 7.94. The molecule has 1 aliphatic rings. The maximum atomic E-state index is 11.9. The van der Waals surface area contributed by atoms with Crippen molar-refractivity contribution in [3.05, 3.63) is 0 Å². The third-order valence-corrected chi connectivity index (χ3v) is 3.43. The molecule has 0 radical (unpaired) electrons. The van der Waals surface area contributed by atoms with Gasteiger partial charge >= 0.3 is 0 Å². The van der Waals surface area contributed by atoms with E-state index in [1.807, 2.05) is 4.90 Å². The quantitative estimate of drug-likeness (QED) is 0.768. The van der Waals surface area contributed by atoms with E-state index in [2.05, 4.69) is 25.8 Å². The highest BCUT2D eigenvalue weighted by atomic mass is 16.2. The molecule has 0 aliphatic carbocycles. The van der Waals surface area contributed by atoms with Crippen molar-refractivity contribution in [1.29, 1.82) is 0 Å². The molecule has 1 saturated heterocycles. The molecule has 4 nitrogen and oxygen atoms in total. The minimum Gasteiger partial charge on any atom is -0.337 e. The van der Waals surface area contributed by atoms with E-state index in [0.717, 1.165) is 25.9 Å². The van der Waals surface area contributed by atoms with Crippen LogP contribution in [0.1, 0.15) is 33.6 Å². The predicted molar refractivity (Wildman–Crippen MR) is 66.2 cm³/mol. The van der Waals surface area contributed by atoms with Crippen LogP contribution in [0.15, 0.2) is 0 Å². The van der Waals surface area contributed by atoms with Crippen LogP contribution in [0.25, 0.3) is 0 Å². The number of hydrogen-bond acceptors (Lipinski definition) is 3. The summed E-state index contributed by atoms with van der Waals surface area (Å²) in [6, 6.07) is 0.503. The maximum absolute atomic E-state index is 11.9. The Morgan fingerprint density at radius 2 is 2.12 bits per heavy atom. The van der Waals surface area contributed by atoms with E-state index >= 15 is 0 Å². The van der Waals surface area contributed by atoms with E-state index in [1.165, 1.54) is 0 Å². The molecule has 0 unspecified atom stereocenters. The van der Waals surface area contributed by atoms with Crippen molar-refractivity contribution in [2.45, 2.75) is 51.7 Å². The summed E-state index contributed by atoms with van der Waals surface area (Å²) in [5, 5.41) is 0. The highest BCUT2D eigenvalue weighted by Crippen LogP contribution is 2.19. The first-order valence-corrected chi connectivity index (χ1v) is 6.19. The van der Waals surface area contributed by atoms with E-state index in [1.54, 1.807) is 6.92 Å². The van der Waals surface area contributed by atoms with E-state index in [4.69, 9.17) is 5.73 Å². The highest BCUT2D eigenvalue weighted by Gasteiger charge is 2.30. The Balaban J connectivity index is 2.56.